The molecule has 0 unspecified atom stereocenters. The molecule has 3 rings (SSSR count). The van der Waals surface area contributed by atoms with Crippen LogP contribution in [0.15, 0.2) is 81.0 Å². The van der Waals surface area contributed by atoms with E-state index in [2.05, 4.69) is 20.7 Å². The number of rotatable bonds is 6. The van der Waals surface area contributed by atoms with Gasteiger partial charge in [0, 0.05) is 17.3 Å². The van der Waals surface area contributed by atoms with Crippen molar-refractivity contribution in [1.82, 2.24) is 4.72 Å². The highest BCUT2D eigenvalue weighted by Gasteiger charge is 2.19. The second-order valence-corrected chi connectivity index (χ2v) is 11.1. The third-order valence-electron chi connectivity index (χ3n) is 4.20. The average Bonchev–Trinajstić information content (AvgIpc) is 2.66. The van der Waals surface area contributed by atoms with Crippen LogP contribution in [0, 0.1) is 5.82 Å². The summed E-state index contributed by atoms with van der Waals surface area (Å²) < 4.78 is 64.9. The molecule has 0 aliphatic rings. The van der Waals surface area contributed by atoms with E-state index < -0.39 is 30.6 Å². The lowest BCUT2D eigenvalue weighted by molar-refractivity contribution is 0.556. The molecule has 0 aromatic heterocycles. The lowest BCUT2D eigenvalue weighted by atomic mass is 10.0. The van der Waals surface area contributed by atoms with Crippen molar-refractivity contribution in [3.8, 4) is 11.1 Å². The number of sulfone groups is 1. The van der Waals surface area contributed by atoms with Gasteiger partial charge in [-0.3, -0.25) is 0 Å². The van der Waals surface area contributed by atoms with Gasteiger partial charge in [0.2, 0.25) is 10.0 Å². The maximum absolute atomic E-state index is 13.9. The molecule has 0 saturated heterocycles. The second-order valence-electron chi connectivity index (χ2n) is 6.40. The van der Waals surface area contributed by atoms with Gasteiger partial charge in [0.15, 0.2) is 9.84 Å². The van der Waals surface area contributed by atoms with Crippen molar-refractivity contribution in [2.75, 3.05) is 6.26 Å². The third kappa shape index (κ3) is 5.30. The molecule has 0 radical (unpaired) electrons. The lowest BCUT2D eigenvalue weighted by Gasteiger charge is -2.09. The minimum absolute atomic E-state index is 0.0124. The molecule has 0 amide bonds. The fourth-order valence-corrected chi connectivity index (χ4v) is 4.75. The molecule has 0 bridgehead atoms. The van der Waals surface area contributed by atoms with E-state index in [0.29, 0.717) is 10.0 Å². The van der Waals surface area contributed by atoms with Crippen LogP contribution < -0.4 is 4.72 Å². The van der Waals surface area contributed by atoms with Crippen LogP contribution in [0.5, 0.6) is 0 Å². The number of hydrogen-bond acceptors (Lipinski definition) is 4. The molecule has 152 valence electrons. The number of sulfonamides is 1. The zero-order valence-electron chi connectivity index (χ0n) is 15.3. The first-order chi connectivity index (χ1) is 13.6. The van der Waals surface area contributed by atoms with Crippen molar-refractivity contribution < 1.29 is 21.2 Å². The zero-order valence-corrected chi connectivity index (χ0v) is 18.5. The first kappa shape index (κ1) is 21.6. The van der Waals surface area contributed by atoms with Crippen molar-refractivity contribution in [2.45, 2.75) is 16.3 Å². The largest absolute Gasteiger partial charge is 0.243 e. The van der Waals surface area contributed by atoms with Gasteiger partial charge in [0.1, 0.15) is 10.7 Å². The second kappa shape index (κ2) is 8.35. The van der Waals surface area contributed by atoms with Gasteiger partial charge in [-0.15, -0.1) is 0 Å². The monoisotopic (exact) mass is 497 g/mol. The molecular formula is C20H17BrFNO4S2. The number of benzene rings is 3. The molecule has 29 heavy (non-hydrogen) atoms. The van der Waals surface area contributed by atoms with E-state index in [0.717, 1.165) is 23.4 Å². The summed E-state index contributed by atoms with van der Waals surface area (Å²) in [5.74, 6) is -0.840. The van der Waals surface area contributed by atoms with E-state index in [4.69, 9.17) is 0 Å². The maximum atomic E-state index is 13.9. The Hall–Kier alpha value is -2.07. The molecule has 0 saturated carbocycles. The Morgan fingerprint density at radius 3 is 2.21 bits per heavy atom. The van der Waals surface area contributed by atoms with Crippen molar-refractivity contribution in [1.29, 1.82) is 0 Å². The summed E-state index contributed by atoms with van der Waals surface area (Å²) in [6.45, 7) is -0.0124. The van der Waals surface area contributed by atoms with Gasteiger partial charge < -0.3 is 0 Å². The smallest absolute Gasteiger partial charge is 0.224 e. The summed E-state index contributed by atoms with van der Waals surface area (Å²) in [4.78, 5) is -0.196. The van der Waals surface area contributed by atoms with Gasteiger partial charge in [0.05, 0.1) is 4.90 Å². The molecule has 0 spiro atoms. The molecule has 0 aliphatic heterocycles. The van der Waals surface area contributed by atoms with Gasteiger partial charge >= 0.3 is 0 Å². The Labute approximate surface area is 177 Å². The first-order valence-electron chi connectivity index (χ1n) is 8.40. The Morgan fingerprint density at radius 2 is 1.59 bits per heavy atom. The standard InChI is InChI=1S/C20H17BrFNO4S2/c1-28(24,25)18-4-2-3-16(11-18)15-7-5-14(6-8-15)13-23-29(26,27)20-10-9-17(21)12-19(20)22/h2-12,23H,13H2,1H3. The van der Waals surface area contributed by atoms with E-state index in [1.54, 1.807) is 42.5 Å². The fourth-order valence-electron chi connectivity index (χ4n) is 2.67. The minimum atomic E-state index is -4.00. The molecule has 5 nitrogen and oxygen atoms in total. The third-order valence-corrected chi connectivity index (χ3v) is 7.24. The number of nitrogens with one attached hydrogen (secondary N) is 1. The van der Waals surface area contributed by atoms with Crippen LogP contribution in [0.1, 0.15) is 5.56 Å². The minimum Gasteiger partial charge on any atom is -0.224 e. The predicted octanol–water partition coefficient (Wildman–Crippen LogP) is 4.14. The topological polar surface area (TPSA) is 80.3 Å². The Morgan fingerprint density at radius 1 is 0.897 bits per heavy atom. The van der Waals surface area contributed by atoms with E-state index in [-0.39, 0.29) is 11.4 Å². The van der Waals surface area contributed by atoms with Crippen molar-refractivity contribution in [3.63, 3.8) is 0 Å². The van der Waals surface area contributed by atoms with Gasteiger partial charge in [-0.1, -0.05) is 52.3 Å². The molecule has 0 heterocycles. The van der Waals surface area contributed by atoms with Crippen LogP contribution in [0.3, 0.4) is 0 Å². The quantitative estimate of drug-likeness (QED) is 0.554. The Bertz CT molecular complexity index is 1260. The summed E-state index contributed by atoms with van der Waals surface area (Å²) >= 11 is 3.09. The molecule has 0 aliphatic carbocycles. The molecule has 0 fully saturated rings. The van der Waals surface area contributed by atoms with Crippen LogP contribution in [-0.4, -0.2) is 23.1 Å². The van der Waals surface area contributed by atoms with Gasteiger partial charge in [-0.2, -0.15) is 0 Å². The molecular weight excluding hydrogens is 481 g/mol. The normalized spacial score (nSPS) is 12.1. The lowest BCUT2D eigenvalue weighted by Crippen LogP contribution is -2.24. The van der Waals surface area contributed by atoms with E-state index >= 15 is 0 Å². The van der Waals surface area contributed by atoms with E-state index in [9.17, 15) is 21.2 Å². The highest BCUT2D eigenvalue weighted by Crippen LogP contribution is 2.23. The van der Waals surface area contributed by atoms with Gasteiger partial charge in [-0.25, -0.2) is 25.9 Å². The summed E-state index contributed by atoms with van der Waals surface area (Å²) in [5, 5.41) is 0. The number of hydrogen-bond donors (Lipinski definition) is 1. The summed E-state index contributed by atoms with van der Waals surface area (Å²) in [7, 11) is -7.31. The highest BCUT2D eigenvalue weighted by atomic mass is 79.9. The predicted molar refractivity (Wildman–Crippen MR) is 113 cm³/mol. The van der Waals surface area contributed by atoms with Crippen LogP contribution in [-0.2, 0) is 26.4 Å². The highest BCUT2D eigenvalue weighted by molar-refractivity contribution is 9.10. The molecule has 0 atom stereocenters. The van der Waals surface area contributed by atoms with Crippen LogP contribution in [0.25, 0.3) is 11.1 Å². The van der Waals surface area contributed by atoms with E-state index in [1.165, 1.54) is 18.2 Å². The van der Waals surface area contributed by atoms with Crippen molar-refractivity contribution in [3.05, 3.63) is 82.6 Å². The summed E-state index contributed by atoms with van der Waals surface area (Å²) in [6.07, 6.45) is 1.15. The number of halogens is 2. The Kier molecular flexibility index (Phi) is 6.23. The van der Waals surface area contributed by atoms with Crippen LogP contribution in [0.2, 0.25) is 0 Å². The van der Waals surface area contributed by atoms with Crippen LogP contribution in [0.4, 0.5) is 4.39 Å². The average molecular weight is 498 g/mol. The SMILES string of the molecule is CS(=O)(=O)c1cccc(-c2ccc(CNS(=O)(=O)c3ccc(Br)cc3F)cc2)c1. The van der Waals surface area contributed by atoms with Gasteiger partial charge in [0.25, 0.3) is 0 Å². The molecule has 3 aromatic carbocycles. The molecule has 1 N–H and O–H groups in total. The maximum Gasteiger partial charge on any atom is 0.243 e. The molecule has 3 aromatic rings. The van der Waals surface area contributed by atoms with Gasteiger partial charge in [-0.05, 0) is 47.0 Å². The summed E-state index contributed by atoms with van der Waals surface area (Å²) in [6, 6.07) is 17.3. The molecule has 9 heteroatoms. The van der Waals surface area contributed by atoms with Crippen molar-refractivity contribution in [2.24, 2.45) is 0 Å². The first-order valence-corrected chi connectivity index (χ1v) is 12.6. The van der Waals surface area contributed by atoms with Crippen molar-refractivity contribution >= 4 is 35.8 Å². The Balaban J connectivity index is 1.76. The van der Waals surface area contributed by atoms with E-state index in [1.807, 2.05) is 0 Å². The summed E-state index contributed by atoms with van der Waals surface area (Å²) in [5.41, 5.74) is 2.20. The fraction of sp³-hybridized carbons (Fsp3) is 0.100. The zero-order chi connectivity index (χ0) is 21.2. The van der Waals surface area contributed by atoms with Crippen LogP contribution >= 0.6 is 15.9 Å².